The van der Waals surface area contributed by atoms with Gasteiger partial charge in [0.1, 0.15) is 5.75 Å². The first-order valence-electron chi connectivity index (χ1n) is 8.47. The van der Waals surface area contributed by atoms with E-state index in [1.54, 1.807) is 7.11 Å². The van der Waals surface area contributed by atoms with Gasteiger partial charge in [-0.25, -0.2) is 5.01 Å². The highest BCUT2D eigenvalue weighted by molar-refractivity contribution is 9.10. The molecule has 0 fully saturated rings. The lowest BCUT2D eigenvalue weighted by molar-refractivity contribution is -0.305. The first-order valence-corrected chi connectivity index (χ1v) is 9.26. The second-order valence-electron chi connectivity index (χ2n) is 6.16. The number of halogens is 1. The highest BCUT2D eigenvalue weighted by Crippen LogP contribution is 2.34. The minimum Gasteiger partial charge on any atom is -0.550 e. The van der Waals surface area contributed by atoms with Crippen LogP contribution in [0.3, 0.4) is 0 Å². The van der Waals surface area contributed by atoms with Gasteiger partial charge in [0.05, 0.1) is 18.9 Å². The van der Waals surface area contributed by atoms with Crippen LogP contribution in [0.15, 0.2) is 58.1 Å². The Hall–Kier alpha value is -2.67. The van der Waals surface area contributed by atoms with Crippen LogP contribution in [-0.4, -0.2) is 29.7 Å². The SMILES string of the molecule is COc1ccc(C2=NN(C(=O)CCC(=O)[O-])[C@@H](c3ccc(Br)cc3)C2)cc1. The van der Waals surface area contributed by atoms with Gasteiger partial charge >= 0.3 is 0 Å². The molecular weight excluding hydrogens is 412 g/mol. The molecule has 0 spiro atoms. The lowest BCUT2D eigenvalue weighted by atomic mass is 9.98. The Kier molecular flexibility index (Phi) is 5.91. The molecule has 0 bridgehead atoms. The molecule has 27 heavy (non-hydrogen) atoms. The largest absolute Gasteiger partial charge is 0.550 e. The molecule has 1 aliphatic heterocycles. The average Bonchev–Trinajstić information content (AvgIpc) is 3.12. The van der Waals surface area contributed by atoms with Gasteiger partial charge in [0.2, 0.25) is 5.91 Å². The fraction of sp³-hybridized carbons (Fsp3) is 0.250. The van der Waals surface area contributed by atoms with Gasteiger partial charge in [-0.3, -0.25) is 4.79 Å². The molecular formula is C20H18BrN2O4-. The number of carboxylic acids is 1. The molecule has 2 aromatic carbocycles. The second-order valence-corrected chi connectivity index (χ2v) is 7.07. The number of rotatable bonds is 6. The van der Waals surface area contributed by atoms with Crippen LogP contribution in [0.1, 0.15) is 36.4 Å². The highest BCUT2D eigenvalue weighted by atomic mass is 79.9. The zero-order chi connectivity index (χ0) is 19.4. The lowest BCUT2D eigenvalue weighted by Crippen LogP contribution is -2.29. The normalized spacial score (nSPS) is 16.1. The predicted molar refractivity (Wildman–Crippen MR) is 102 cm³/mol. The maximum absolute atomic E-state index is 12.6. The summed E-state index contributed by atoms with van der Waals surface area (Å²) < 4.78 is 6.12. The number of amides is 1. The van der Waals surface area contributed by atoms with E-state index in [2.05, 4.69) is 21.0 Å². The molecule has 0 saturated heterocycles. The van der Waals surface area contributed by atoms with Gasteiger partial charge in [-0.05, 0) is 53.9 Å². The zero-order valence-corrected chi connectivity index (χ0v) is 16.3. The molecule has 6 nitrogen and oxygen atoms in total. The van der Waals surface area contributed by atoms with Crippen molar-refractivity contribution in [3.8, 4) is 5.75 Å². The van der Waals surface area contributed by atoms with E-state index in [0.29, 0.717) is 6.42 Å². The van der Waals surface area contributed by atoms with Crippen LogP contribution in [0, 0.1) is 0 Å². The Morgan fingerprint density at radius 2 is 1.81 bits per heavy atom. The van der Waals surface area contributed by atoms with Crippen LogP contribution in [0.5, 0.6) is 5.75 Å². The number of aliphatic carboxylic acids is 1. The van der Waals surface area contributed by atoms with Crippen molar-refractivity contribution in [2.45, 2.75) is 25.3 Å². The van der Waals surface area contributed by atoms with Crippen molar-refractivity contribution in [3.05, 3.63) is 64.1 Å². The Morgan fingerprint density at radius 1 is 1.15 bits per heavy atom. The van der Waals surface area contributed by atoms with Crippen molar-refractivity contribution in [2.75, 3.05) is 7.11 Å². The molecule has 140 valence electrons. The molecule has 0 radical (unpaired) electrons. The summed E-state index contributed by atoms with van der Waals surface area (Å²) in [6.45, 7) is 0. The molecule has 7 heteroatoms. The number of methoxy groups -OCH3 is 1. The number of carboxylic acid groups (broad SMARTS) is 1. The van der Waals surface area contributed by atoms with E-state index in [0.717, 1.165) is 27.1 Å². The van der Waals surface area contributed by atoms with Crippen molar-refractivity contribution in [1.82, 2.24) is 5.01 Å². The van der Waals surface area contributed by atoms with Crippen LogP contribution in [0.2, 0.25) is 0 Å². The van der Waals surface area contributed by atoms with E-state index in [4.69, 9.17) is 4.74 Å². The van der Waals surface area contributed by atoms with E-state index in [1.807, 2.05) is 48.5 Å². The predicted octanol–water partition coefficient (Wildman–Crippen LogP) is 2.67. The number of nitrogens with zero attached hydrogens (tertiary/aromatic N) is 2. The molecule has 1 heterocycles. The standard InChI is InChI=1S/C20H19BrN2O4/c1-27-16-8-4-13(5-9-16)17-12-18(14-2-6-15(21)7-3-14)23(22-17)19(24)10-11-20(25)26/h2-9,18H,10-12H2,1H3,(H,25,26)/p-1/t18-/m1/s1. The Labute approximate surface area is 165 Å². The topological polar surface area (TPSA) is 82.0 Å². The van der Waals surface area contributed by atoms with E-state index in [-0.39, 0.29) is 24.8 Å². The average molecular weight is 430 g/mol. The van der Waals surface area contributed by atoms with Crippen molar-refractivity contribution >= 4 is 33.5 Å². The summed E-state index contributed by atoms with van der Waals surface area (Å²) in [6.07, 6.45) is 0.0789. The smallest absolute Gasteiger partial charge is 0.243 e. The van der Waals surface area contributed by atoms with Crippen LogP contribution in [-0.2, 0) is 9.59 Å². The molecule has 2 aromatic rings. The number of hydrogen-bond donors (Lipinski definition) is 0. The van der Waals surface area contributed by atoms with E-state index in [1.165, 1.54) is 5.01 Å². The number of hydrazone groups is 1. The number of carbonyl (C=O) groups excluding carboxylic acids is 2. The summed E-state index contributed by atoms with van der Waals surface area (Å²) >= 11 is 3.41. The van der Waals surface area contributed by atoms with Crippen LogP contribution in [0.4, 0.5) is 0 Å². The molecule has 1 amide bonds. The van der Waals surface area contributed by atoms with Crippen molar-refractivity contribution in [1.29, 1.82) is 0 Å². The molecule has 1 aliphatic rings. The lowest BCUT2D eigenvalue weighted by Gasteiger charge is -2.22. The fourth-order valence-corrected chi connectivity index (χ4v) is 3.23. The summed E-state index contributed by atoms with van der Waals surface area (Å²) in [4.78, 5) is 23.3. The molecule has 0 N–H and O–H groups in total. The molecule has 3 rings (SSSR count). The first-order chi connectivity index (χ1) is 13.0. The monoisotopic (exact) mass is 429 g/mol. The number of benzene rings is 2. The summed E-state index contributed by atoms with van der Waals surface area (Å²) in [7, 11) is 1.60. The van der Waals surface area contributed by atoms with Gasteiger partial charge in [0, 0.05) is 23.3 Å². The molecule has 0 aromatic heterocycles. The van der Waals surface area contributed by atoms with Crippen LogP contribution in [0.25, 0.3) is 0 Å². The van der Waals surface area contributed by atoms with Gasteiger partial charge in [0.15, 0.2) is 0 Å². The number of ether oxygens (including phenoxy) is 1. The first kappa shape index (κ1) is 19.1. The van der Waals surface area contributed by atoms with Crippen molar-refractivity contribution in [3.63, 3.8) is 0 Å². The quantitative estimate of drug-likeness (QED) is 0.706. The third-order valence-electron chi connectivity index (χ3n) is 4.39. The summed E-state index contributed by atoms with van der Waals surface area (Å²) in [5.74, 6) is -0.846. The van der Waals surface area contributed by atoms with Gasteiger partial charge in [-0.15, -0.1) is 0 Å². The second kappa shape index (κ2) is 8.35. The summed E-state index contributed by atoms with van der Waals surface area (Å²) in [5, 5.41) is 16.6. The zero-order valence-electron chi connectivity index (χ0n) is 14.7. The van der Waals surface area contributed by atoms with Gasteiger partial charge in [-0.1, -0.05) is 28.1 Å². The molecule has 0 unspecified atom stereocenters. The fourth-order valence-electron chi connectivity index (χ4n) is 2.97. The maximum atomic E-state index is 12.6. The van der Waals surface area contributed by atoms with Crippen molar-refractivity contribution < 1.29 is 19.4 Å². The highest BCUT2D eigenvalue weighted by Gasteiger charge is 2.32. The van der Waals surface area contributed by atoms with E-state index < -0.39 is 5.97 Å². The number of carbonyl (C=O) groups is 2. The maximum Gasteiger partial charge on any atom is 0.243 e. The molecule has 0 aliphatic carbocycles. The Morgan fingerprint density at radius 3 is 2.41 bits per heavy atom. The minimum absolute atomic E-state index is 0.144. The third kappa shape index (κ3) is 4.54. The molecule has 1 atom stereocenters. The Bertz CT molecular complexity index is 863. The summed E-state index contributed by atoms with van der Waals surface area (Å²) in [5.41, 5.74) is 2.60. The van der Waals surface area contributed by atoms with E-state index in [9.17, 15) is 14.7 Å². The van der Waals surface area contributed by atoms with Crippen molar-refractivity contribution in [2.24, 2.45) is 5.10 Å². The summed E-state index contributed by atoms with van der Waals surface area (Å²) in [6, 6.07) is 14.9. The van der Waals surface area contributed by atoms with Gasteiger partial charge in [0.25, 0.3) is 0 Å². The van der Waals surface area contributed by atoms with Gasteiger partial charge in [-0.2, -0.15) is 5.10 Å². The number of hydrogen-bond acceptors (Lipinski definition) is 5. The van der Waals surface area contributed by atoms with Crippen LogP contribution >= 0.6 is 15.9 Å². The van der Waals surface area contributed by atoms with E-state index >= 15 is 0 Å². The van der Waals surface area contributed by atoms with Gasteiger partial charge < -0.3 is 14.6 Å². The third-order valence-corrected chi connectivity index (χ3v) is 4.92. The molecule has 0 saturated carbocycles. The van der Waals surface area contributed by atoms with Crippen LogP contribution < -0.4 is 9.84 Å². The Balaban J connectivity index is 1.88. The minimum atomic E-state index is -1.25.